The molecule has 1 heterocycles. The van der Waals surface area contributed by atoms with Crippen LogP contribution in [0, 0.1) is 11.8 Å². The number of carboxylic acid groups (broad SMARTS) is 1. The highest BCUT2D eigenvalue weighted by Gasteiger charge is 2.34. The number of hydrogen-bond donors (Lipinski definition) is 6. The van der Waals surface area contributed by atoms with Gasteiger partial charge in [-0.2, -0.15) is 0 Å². The quantitative estimate of drug-likeness (QED) is 0.117. The van der Waals surface area contributed by atoms with E-state index in [1.54, 1.807) is 19.1 Å². The summed E-state index contributed by atoms with van der Waals surface area (Å²) in [5.41, 5.74) is 7.37. The molecule has 1 aliphatic rings. The molecule has 2 aromatic rings. The van der Waals surface area contributed by atoms with Crippen molar-refractivity contribution in [3.05, 3.63) is 54.1 Å². The molecule has 3 rings (SSSR count). The summed E-state index contributed by atoms with van der Waals surface area (Å²) < 4.78 is 21.8. The van der Waals surface area contributed by atoms with Crippen LogP contribution in [0.1, 0.15) is 71.2 Å². The average Bonchev–Trinajstić information content (AvgIpc) is 3.06. The van der Waals surface area contributed by atoms with E-state index in [1.165, 1.54) is 12.5 Å². The SMILES string of the molecule is CC(C)CCO.CCC(C)C.C[C@@H]1OC(OCCOCCNC(=O)COc2cc(C(N)=O)cc(-c3ccccc3)c2)[C@H](O)CC1O.O=CO. The number of benzene rings is 2. The molecule has 4 atom stereocenters. The second-order valence-corrected chi connectivity index (χ2v) is 12.0. The van der Waals surface area contributed by atoms with Crippen LogP contribution in [0.4, 0.5) is 0 Å². The molecule has 0 aromatic heterocycles. The van der Waals surface area contributed by atoms with Gasteiger partial charge in [-0.15, -0.1) is 0 Å². The minimum Gasteiger partial charge on any atom is -0.484 e. The Kier molecular flexibility index (Phi) is 25.3. The summed E-state index contributed by atoms with van der Waals surface area (Å²) in [6.07, 6.45) is -0.393. The van der Waals surface area contributed by atoms with Crippen LogP contribution in [-0.4, -0.2) is 103 Å². The Morgan fingerprint density at radius 2 is 1.63 bits per heavy atom. The van der Waals surface area contributed by atoms with Crippen molar-refractivity contribution in [3.8, 4) is 16.9 Å². The van der Waals surface area contributed by atoms with Gasteiger partial charge in [0.25, 0.3) is 12.4 Å². The first-order valence-electron chi connectivity index (χ1n) is 16.6. The topological polar surface area (TPSA) is 207 Å². The second-order valence-electron chi connectivity index (χ2n) is 12.0. The van der Waals surface area contributed by atoms with Gasteiger partial charge >= 0.3 is 0 Å². The number of carbonyl (C=O) groups excluding carboxylic acids is 2. The van der Waals surface area contributed by atoms with Crippen LogP contribution in [0.3, 0.4) is 0 Å². The highest BCUT2D eigenvalue weighted by atomic mass is 16.7. The normalized spacial score (nSPS) is 18.1. The fraction of sp³-hybridized carbons (Fsp3) is 0.583. The number of rotatable bonds is 15. The molecule has 0 aliphatic carbocycles. The Hall–Kier alpha value is -3.59. The van der Waals surface area contributed by atoms with Crippen molar-refractivity contribution in [1.82, 2.24) is 5.32 Å². The van der Waals surface area contributed by atoms with Gasteiger partial charge in [0.05, 0.1) is 32.0 Å². The predicted octanol–water partition coefficient (Wildman–Crippen LogP) is 3.62. The maximum atomic E-state index is 12.1. The van der Waals surface area contributed by atoms with Crippen LogP contribution in [0.25, 0.3) is 11.1 Å². The lowest BCUT2D eigenvalue weighted by atomic mass is 10.0. The van der Waals surface area contributed by atoms with Crippen LogP contribution < -0.4 is 15.8 Å². The average molecular weight is 695 g/mol. The first-order chi connectivity index (χ1) is 23.3. The summed E-state index contributed by atoms with van der Waals surface area (Å²) in [4.78, 5) is 32.2. The molecular weight excluding hydrogens is 636 g/mol. The lowest BCUT2D eigenvalue weighted by molar-refractivity contribution is -0.263. The molecule has 1 fully saturated rings. The maximum absolute atomic E-state index is 12.1. The van der Waals surface area contributed by atoms with E-state index in [4.69, 9.17) is 39.7 Å². The number of hydrogen-bond acceptors (Lipinski definition) is 10. The molecule has 2 aromatic carbocycles. The molecule has 2 amide bonds. The number of amides is 2. The Morgan fingerprint density at radius 1 is 1.00 bits per heavy atom. The van der Waals surface area contributed by atoms with Gasteiger partial charge in [-0.1, -0.05) is 71.4 Å². The molecule has 0 radical (unpaired) electrons. The summed E-state index contributed by atoms with van der Waals surface area (Å²) in [6.45, 7) is 13.4. The van der Waals surface area contributed by atoms with Crippen molar-refractivity contribution in [2.24, 2.45) is 17.6 Å². The molecule has 7 N–H and O–H groups in total. The molecule has 0 bridgehead atoms. The minimum atomic E-state index is -0.895. The number of nitrogens with two attached hydrogens (primary N) is 1. The summed E-state index contributed by atoms with van der Waals surface area (Å²) in [5, 5.41) is 37.3. The van der Waals surface area contributed by atoms with Gasteiger partial charge in [-0.3, -0.25) is 14.4 Å². The third kappa shape index (κ3) is 21.9. The highest BCUT2D eigenvalue weighted by Crippen LogP contribution is 2.26. The molecule has 13 nitrogen and oxygen atoms in total. The molecule has 49 heavy (non-hydrogen) atoms. The zero-order chi connectivity index (χ0) is 37.2. The Balaban J connectivity index is 0.00000139. The summed E-state index contributed by atoms with van der Waals surface area (Å²) >= 11 is 0. The van der Waals surface area contributed by atoms with E-state index in [1.807, 2.05) is 30.3 Å². The van der Waals surface area contributed by atoms with E-state index in [9.17, 15) is 19.8 Å². The lowest BCUT2D eigenvalue weighted by Crippen LogP contribution is -2.47. The number of ether oxygens (including phenoxy) is 4. The van der Waals surface area contributed by atoms with Crippen molar-refractivity contribution in [2.75, 3.05) is 39.6 Å². The summed E-state index contributed by atoms with van der Waals surface area (Å²) in [6, 6.07) is 14.4. The van der Waals surface area contributed by atoms with Crippen molar-refractivity contribution < 1.29 is 53.8 Å². The van der Waals surface area contributed by atoms with E-state index >= 15 is 0 Å². The van der Waals surface area contributed by atoms with Crippen LogP contribution in [0.2, 0.25) is 0 Å². The van der Waals surface area contributed by atoms with Gasteiger partial charge in [-0.05, 0) is 54.5 Å². The molecule has 1 saturated heterocycles. The standard InChI is InChI=1S/C25H32N2O8.C5H12O.C5H12.CH2O2/c1-16-21(28)14-22(29)25(35-16)33-10-9-32-8-7-27-23(30)15-34-20-12-18(11-19(13-20)24(26)31)17-5-3-2-4-6-17;1-5(2)3-4-6;1-4-5(2)3;2-1-3/h2-6,11-13,16,21-22,25,28-29H,7-10,14-15H2,1H3,(H2,26,31)(H,27,30);5-6H,3-4H2,1-2H3;5H,4H2,1-3H3;1H,(H,2,3)/t16-,21?,22+,25?;;;/m0.../s1. The number of aliphatic hydroxyl groups is 3. The lowest BCUT2D eigenvalue weighted by Gasteiger charge is -2.35. The van der Waals surface area contributed by atoms with Gasteiger partial charge in [0.1, 0.15) is 11.9 Å². The van der Waals surface area contributed by atoms with E-state index in [2.05, 4.69) is 39.9 Å². The molecule has 0 spiro atoms. The molecule has 278 valence electrons. The first-order valence-corrected chi connectivity index (χ1v) is 16.6. The first kappa shape index (κ1) is 45.4. The van der Waals surface area contributed by atoms with E-state index in [0.717, 1.165) is 23.5 Å². The largest absolute Gasteiger partial charge is 0.484 e. The highest BCUT2D eigenvalue weighted by molar-refractivity contribution is 5.94. The fourth-order valence-corrected chi connectivity index (χ4v) is 3.76. The van der Waals surface area contributed by atoms with Crippen molar-refractivity contribution in [3.63, 3.8) is 0 Å². The van der Waals surface area contributed by atoms with Crippen molar-refractivity contribution >= 4 is 18.3 Å². The molecule has 2 unspecified atom stereocenters. The van der Waals surface area contributed by atoms with E-state index in [-0.39, 0.29) is 57.3 Å². The van der Waals surface area contributed by atoms with Crippen LogP contribution >= 0.6 is 0 Å². The number of primary amides is 1. The Bertz CT molecular complexity index is 1160. The summed E-state index contributed by atoms with van der Waals surface area (Å²) in [5.74, 6) is 0.958. The predicted molar refractivity (Wildman–Crippen MR) is 187 cm³/mol. The number of aliphatic hydroxyl groups excluding tert-OH is 3. The Morgan fingerprint density at radius 3 is 2.16 bits per heavy atom. The number of nitrogens with one attached hydrogen (secondary N) is 1. The third-order valence-electron chi connectivity index (χ3n) is 6.96. The van der Waals surface area contributed by atoms with Crippen LogP contribution in [0.15, 0.2) is 48.5 Å². The zero-order valence-corrected chi connectivity index (χ0v) is 29.7. The van der Waals surface area contributed by atoms with Gasteiger partial charge in [-0.25, -0.2) is 0 Å². The van der Waals surface area contributed by atoms with Gasteiger partial charge in [0.15, 0.2) is 12.9 Å². The fourth-order valence-electron chi connectivity index (χ4n) is 3.76. The van der Waals surface area contributed by atoms with Crippen molar-refractivity contribution in [2.45, 2.75) is 85.4 Å². The van der Waals surface area contributed by atoms with E-state index < -0.39 is 30.5 Å². The maximum Gasteiger partial charge on any atom is 0.290 e. The molecule has 0 saturated carbocycles. The molecule has 13 heteroatoms. The third-order valence-corrected chi connectivity index (χ3v) is 6.96. The zero-order valence-electron chi connectivity index (χ0n) is 29.7. The van der Waals surface area contributed by atoms with Crippen molar-refractivity contribution in [1.29, 1.82) is 0 Å². The molecule has 1 aliphatic heterocycles. The van der Waals surface area contributed by atoms with Crippen LogP contribution in [-0.2, 0) is 23.8 Å². The monoisotopic (exact) mass is 694 g/mol. The van der Waals surface area contributed by atoms with Gasteiger partial charge in [0, 0.05) is 25.1 Å². The number of carbonyl (C=O) groups is 3. The second kappa shape index (κ2) is 27.3. The minimum absolute atomic E-state index is 0.196. The molecular formula is C36H58N2O11. The van der Waals surface area contributed by atoms with Crippen LogP contribution in [0.5, 0.6) is 5.75 Å². The van der Waals surface area contributed by atoms with Gasteiger partial charge < -0.3 is 50.4 Å². The van der Waals surface area contributed by atoms with Gasteiger partial charge in [0.2, 0.25) is 5.91 Å². The van der Waals surface area contributed by atoms with E-state index in [0.29, 0.717) is 18.3 Å². The summed E-state index contributed by atoms with van der Waals surface area (Å²) in [7, 11) is 0. The smallest absolute Gasteiger partial charge is 0.290 e. The Labute approximate surface area is 290 Å².